The normalized spacial score (nSPS) is 8.62. The zero-order valence-electron chi connectivity index (χ0n) is 7.14. The van der Waals surface area contributed by atoms with Crippen LogP contribution in [0, 0.1) is 0 Å². The summed E-state index contributed by atoms with van der Waals surface area (Å²) in [4.78, 5) is 14.1. The van der Waals surface area contributed by atoms with Crippen LogP contribution in [0.2, 0.25) is 0 Å². The van der Waals surface area contributed by atoms with Gasteiger partial charge in [0, 0.05) is 6.29 Å². The summed E-state index contributed by atoms with van der Waals surface area (Å²) in [6.07, 6.45) is 5.21. The van der Waals surface area contributed by atoms with Crippen molar-refractivity contribution < 1.29 is 29.1 Å². The van der Waals surface area contributed by atoms with Gasteiger partial charge in [-0.25, -0.2) is 0 Å². The van der Waals surface area contributed by atoms with E-state index in [1.165, 1.54) is 0 Å². The first-order valence-corrected chi connectivity index (χ1v) is 3.22. The van der Waals surface area contributed by atoms with Gasteiger partial charge in [-0.15, -0.1) is 6.20 Å². The molecule has 0 saturated heterocycles. The van der Waals surface area contributed by atoms with Crippen molar-refractivity contribution in [2.75, 3.05) is 0 Å². The van der Waals surface area contributed by atoms with Gasteiger partial charge in [0.2, 0.25) is 0 Å². The zero-order chi connectivity index (χ0) is 7.68. The Morgan fingerprint density at radius 2 is 2.15 bits per heavy atom. The van der Waals surface area contributed by atoms with Gasteiger partial charge in [-0.3, -0.25) is 4.98 Å². The Balaban J connectivity index is 0.000000720. The van der Waals surface area contributed by atoms with E-state index in [4.69, 9.17) is 0 Å². The number of hydrogen-bond donors (Lipinski definition) is 0. The molecule has 0 fully saturated rings. The molecule has 2 aromatic heterocycles. The minimum absolute atomic E-state index is 0. The van der Waals surface area contributed by atoms with Crippen molar-refractivity contribution in [1.29, 1.82) is 0 Å². The maximum Gasteiger partial charge on any atom is 1.00 e. The monoisotopic (exact) mass is 169 g/mol. The summed E-state index contributed by atoms with van der Waals surface area (Å²) in [5.41, 5.74) is 1.11. The molecule has 0 bridgehead atoms. The van der Waals surface area contributed by atoms with Crippen LogP contribution in [0.1, 0.15) is 5.69 Å². The van der Waals surface area contributed by atoms with Crippen LogP contribution in [0.4, 0.5) is 0 Å². The summed E-state index contributed by atoms with van der Waals surface area (Å²) >= 11 is 0. The molecule has 0 aliphatic rings. The standard InChI is InChI=1S/C8H5N2O.Li.H2O/c11-6-7-5-10-4-2-1-3-8(10)9-7;;/h1-5H;;1H2/q-1;+1;/p-1. The van der Waals surface area contributed by atoms with Crippen molar-refractivity contribution in [1.82, 2.24) is 9.38 Å². The van der Waals surface area contributed by atoms with E-state index in [1.54, 1.807) is 16.9 Å². The van der Waals surface area contributed by atoms with Crippen LogP contribution < -0.4 is 18.9 Å². The van der Waals surface area contributed by atoms with E-state index in [0.29, 0.717) is 5.69 Å². The number of fused-ring (bicyclic) bond motifs is 1. The van der Waals surface area contributed by atoms with E-state index in [9.17, 15) is 4.79 Å². The molecule has 2 aromatic rings. The maximum atomic E-state index is 10.2. The molecule has 0 unspecified atom stereocenters. The molecule has 13 heavy (non-hydrogen) atoms. The van der Waals surface area contributed by atoms with Crippen LogP contribution in [0.3, 0.4) is 0 Å². The van der Waals surface area contributed by atoms with Crippen molar-refractivity contribution in [2.45, 2.75) is 0 Å². The van der Waals surface area contributed by atoms with Crippen LogP contribution in [0.5, 0.6) is 0 Å². The molecule has 0 amide bonds. The van der Waals surface area contributed by atoms with E-state index in [1.807, 2.05) is 24.4 Å². The molecule has 1 N–H and O–H groups in total. The van der Waals surface area contributed by atoms with Gasteiger partial charge < -0.3 is 14.7 Å². The molecule has 62 valence electrons. The van der Waals surface area contributed by atoms with Gasteiger partial charge in [-0.05, 0) is 24.0 Å². The van der Waals surface area contributed by atoms with Gasteiger partial charge in [0.1, 0.15) is 5.65 Å². The summed E-state index contributed by atoms with van der Waals surface area (Å²) in [6, 6.07) is 5.58. The number of nitrogens with zero attached hydrogens (tertiary/aromatic N) is 2. The first kappa shape index (κ1) is 11.9. The summed E-state index contributed by atoms with van der Waals surface area (Å²) < 4.78 is 1.78. The largest absolute Gasteiger partial charge is 1.00 e. The molecule has 2 rings (SSSR count). The van der Waals surface area contributed by atoms with Crippen LogP contribution in [-0.2, 0) is 4.79 Å². The Bertz CT molecular complexity index is 367. The maximum absolute atomic E-state index is 10.2. The average Bonchev–Trinajstić information content (AvgIpc) is 2.46. The van der Waals surface area contributed by atoms with Gasteiger partial charge in [0.05, 0.1) is 0 Å². The molecule has 0 aromatic carbocycles. The zero-order valence-corrected chi connectivity index (χ0v) is 7.14. The van der Waals surface area contributed by atoms with E-state index in [0.717, 1.165) is 5.65 Å². The minimum Gasteiger partial charge on any atom is -0.870 e. The van der Waals surface area contributed by atoms with Crippen molar-refractivity contribution >= 4 is 11.9 Å². The van der Waals surface area contributed by atoms with Gasteiger partial charge in [-0.2, -0.15) is 0 Å². The van der Waals surface area contributed by atoms with Gasteiger partial charge in [0.25, 0.3) is 0 Å². The van der Waals surface area contributed by atoms with E-state index in [2.05, 4.69) is 4.98 Å². The molecule has 0 radical (unpaired) electrons. The first-order chi connectivity index (χ1) is 5.40. The Morgan fingerprint density at radius 3 is 2.77 bits per heavy atom. The SMILES string of the molecule is O=[C-]c1cn2ccccc2n1.[Li+].[OH-]. The Labute approximate surface area is 87.1 Å². The van der Waals surface area contributed by atoms with Crippen LogP contribution >= 0.6 is 0 Å². The quantitative estimate of drug-likeness (QED) is 0.353. The summed E-state index contributed by atoms with van der Waals surface area (Å²) in [5, 5.41) is 0. The third-order valence-corrected chi connectivity index (χ3v) is 1.47. The number of pyridine rings is 1. The topological polar surface area (TPSA) is 64.4 Å². The fourth-order valence-corrected chi connectivity index (χ4v) is 0.984. The molecular weight excluding hydrogens is 163 g/mol. The smallest absolute Gasteiger partial charge is 0.870 e. The van der Waals surface area contributed by atoms with E-state index in [-0.39, 0.29) is 24.3 Å². The first-order valence-electron chi connectivity index (χ1n) is 3.22. The molecule has 0 atom stereocenters. The second-order valence-corrected chi connectivity index (χ2v) is 2.19. The molecule has 0 aliphatic heterocycles. The fraction of sp³-hybridized carbons (Fsp3) is 0. The second-order valence-electron chi connectivity index (χ2n) is 2.19. The Morgan fingerprint density at radius 1 is 1.38 bits per heavy atom. The number of aromatic nitrogens is 2. The minimum atomic E-state index is 0. The summed E-state index contributed by atoms with van der Waals surface area (Å²) in [7, 11) is 0. The predicted molar refractivity (Wildman–Crippen MR) is 41.9 cm³/mol. The molecule has 0 saturated carbocycles. The van der Waals surface area contributed by atoms with E-state index < -0.39 is 0 Å². The number of rotatable bonds is 1. The number of imidazole rings is 1. The van der Waals surface area contributed by atoms with Crippen molar-refractivity contribution in [3.63, 3.8) is 0 Å². The molecular formula is C8H6LiN2O2-. The number of carbonyl (C=O) groups excluding carboxylic acids is 1. The van der Waals surface area contributed by atoms with Crippen LogP contribution in [0.25, 0.3) is 5.65 Å². The Kier molecular flexibility index (Phi) is 4.42. The molecule has 4 nitrogen and oxygen atoms in total. The van der Waals surface area contributed by atoms with Crippen LogP contribution in [-0.4, -0.2) is 21.1 Å². The van der Waals surface area contributed by atoms with Gasteiger partial charge in [0.15, 0.2) is 0 Å². The van der Waals surface area contributed by atoms with Crippen molar-refractivity contribution in [3.05, 3.63) is 36.3 Å². The summed E-state index contributed by atoms with van der Waals surface area (Å²) in [6.45, 7) is 0. The molecule has 0 aliphatic carbocycles. The second kappa shape index (κ2) is 4.83. The van der Waals surface area contributed by atoms with Crippen molar-refractivity contribution in [2.24, 2.45) is 0 Å². The summed E-state index contributed by atoms with van der Waals surface area (Å²) in [5.74, 6) is 0. The van der Waals surface area contributed by atoms with Gasteiger partial charge in [-0.1, -0.05) is 6.07 Å². The molecule has 5 heteroatoms. The van der Waals surface area contributed by atoms with Crippen LogP contribution in [0.15, 0.2) is 30.6 Å². The fourth-order valence-electron chi connectivity index (χ4n) is 0.984. The third-order valence-electron chi connectivity index (χ3n) is 1.47. The molecule has 2 heterocycles. The average molecular weight is 169 g/mol. The third kappa shape index (κ3) is 2.19. The molecule has 0 spiro atoms. The Hall–Kier alpha value is -1.08. The van der Waals surface area contributed by atoms with E-state index >= 15 is 0 Å². The van der Waals surface area contributed by atoms with Gasteiger partial charge >= 0.3 is 18.9 Å². The predicted octanol–water partition coefficient (Wildman–Crippen LogP) is -2.38. The van der Waals surface area contributed by atoms with Crippen molar-refractivity contribution in [3.8, 4) is 0 Å². The number of hydrogen-bond acceptors (Lipinski definition) is 3.